The van der Waals surface area contributed by atoms with Crippen LogP contribution in [0.3, 0.4) is 0 Å². The molecular formula is C26H36BrN5O2. The maximum Gasteiger partial charge on any atom is 0.323 e. The van der Waals surface area contributed by atoms with E-state index in [9.17, 15) is 9.59 Å². The van der Waals surface area contributed by atoms with Gasteiger partial charge in [0.05, 0.1) is 11.3 Å². The summed E-state index contributed by atoms with van der Waals surface area (Å²) in [5.41, 5.74) is 2.76. The fraction of sp³-hybridized carbons (Fsp3) is 0.462. The molecule has 0 bridgehead atoms. The van der Waals surface area contributed by atoms with Crippen molar-refractivity contribution in [2.24, 2.45) is 5.92 Å². The molecule has 0 spiro atoms. The van der Waals surface area contributed by atoms with Crippen LogP contribution in [-0.2, 0) is 0 Å². The highest BCUT2D eigenvalue weighted by molar-refractivity contribution is 9.10. The van der Waals surface area contributed by atoms with Crippen LogP contribution < -0.4 is 20.9 Å². The smallest absolute Gasteiger partial charge is 0.323 e. The van der Waals surface area contributed by atoms with Gasteiger partial charge in [-0.1, -0.05) is 32.9 Å². The molecule has 34 heavy (non-hydrogen) atoms. The molecular weight excluding hydrogens is 494 g/mol. The number of nitrogens with one attached hydrogen (secondary N) is 3. The number of carbonyl (C=O) groups is 2. The van der Waals surface area contributed by atoms with Gasteiger partial charge in [0.15, 0.2) is 0 Å². The fourth-order valence-electron chi connectivity index (χ4n) is 4.13. The molecule has 1 aliphatic rings. The number of amides is 3. The van der Waals surface area contributed by atoms with Gasteiger partial charge in [0.25, 0.3) is 5.91 Å². The standard InChI is InChI=1S/C26H36BrN5O2/c1-4-31(5-2)17-14-28-25(33)21-18-20(10-11-24(21)32-15-12-19(3)13-16-32)29-26(34)30-23-9-7-6-8-22(23)27/h6-11,18-19H,4-5,12-17H2,1-3H3,(H,28,33)(H2,29,30,34). The van der Waals surface area contributed by atoms with E-state index in [2.05, 4.69) is 62.5 Å². The molecule has 0 unspecified atom stereocenters. The van der Waals surface area contributed by atoms with Crippen LogP contribution in [0.5, 0.6) is 0 Å². The summed E-state index contributed by atoms with van der Waals surface area (Å²) in [7, 11) is 0. The summed E-state index contributed by atoms with van der Waals surface area (Å²) in [5.74, 6) is 0.584. The zero-order valence-electron chi connectivity index (χ0n) is 20.4. The van der Waals surface area contributed by atoms with E-state index in [4.69, 9.17) is 0 Å². The number of hydrogen-bond acceptors (Lipinski definition) is 4. The van der Waals surface area contributed by atoms with Crippen molar-refractivity contribution in [2.45, 2.75) is 33.6 Å². The lowest BCUT2D eigenvalue weighted by Gasteiger charge is -2.33. The van der Waals surface area contributed by atoms with Crippen molar-refractivity contribution in [3.8, 4) is 0 Å². The molecule has 1 saturated heterocycles. The summed E-state index contributed by atoms with van der Waals surface area (Å²) >= 11 is 3.44. The van der Waals surface area contributed by atoms with Crippen LogP contribution in [0, 0.1) is 5.92 Å². The minimum atomic E-state index is -0.362. The molecule has 2 aromatic rings. The summed E-state index contributed by atoms with van der Waals surface area (Å²) in [6, 6.07) is 12.7. The van der Waals surface area contributed by atoms with E-state index in [1.165, 1.54) is 0 Å². The van der Waals surface area contributed by atoms with Gasteiger partial charge in [-0.25, -0.2) is 4.79 Å². The Bertz CT molecular complexity index is 971. The first kappa shape index (κ1) is 26.0. The molecule has 3 N–H and O–H groups in total. The van der Waals surface area contributed by atoms with Crippen LogP contribution in [0.4, 0.5) is 21.9 Å². The van der Waals surface area contributed by atoms with Gasteiger partial charge in [0, 0.05) is 42.0 Å². The van der Waals surface area contributed by atoms with E-state index < -0.39 is 0 Å². The number of hydrogen-bond donors (Lipinski definition) is 3. The molecule has 184 valence electrons. The minimum Gasteiger partial charge on any atom is -0.371 e. The average molecular weight is 531 g/mol. The molecule has 0 saturated carbocycles. The largest absolute Gasteiger partial charge is 0.371 e. The van der Waals surface area contributed by atoms with Crippen molar-refractivity contribution in [2.75, 3.05) is 54.8 Å². The van der Waals surface area contributed by atoms with Crippen LogP contribution in [-0.4, -0.2) is 56.1 Å². The topological polar surface area (TPSA) is 76.7 Å². The summed E-state index contributed by atoms with van der Waals surface area (Å²) in [5, 5.41) is 8.77. The second-order valence-corrected chi connectivity index (χ2v) is 9.60. The molecule has 1 aliphatic heterocycles. The monoisotopic (exact) mass is 529 g/mol. The molecule has 0 radical (unpaired) electrons. The van der Waals surface area contributed by atoms with E-state index >= 15 is 0 Å². The van der Waals surface area contributed by atoms with Crippen LogP contribution in [0.2, 0.25) is 0 Å². The predicted octanol–water partition coefficient (Wildman–Crippen LogP) is 5.40. The van der Waals surface area contributed by atoms with Crippen molar-refractivity contribution >= 4 is 44.9 Å². The Morgan fingerprint density at radius 2 is 1.76 bits per heavy atom. The van der Waals surface area contributed by atoms with Gasteiger partial charge in [0.2, 0.25) is 0 Å². The Hall–Kier alpha value is -2.58. The van der Waals surface area contributed by atoms with E-state index in [0.717, 1.165) is 55.7 Å². The second-order valence-electron chi connectivity index (χ2n) is 8.74. The summed E-state index contributed by atoms with van der Waals surface area (Å²) < 4.78 is 0.799. The zero-order valence-corrected chi connectivity index (χ0v) is 22.0. The number of likely N-dealkylation sites (N-methyl/N-ethyl adjacent to an activating group) is 1. The van der Waals surface area contributed by atoms with E-state index in [-0.39, 0.29) is 11.9 Å². The van der Waals surface area contributed by atoms with Gasteiger partial charge < -0.3 is 25.8 Å². The number of piperidine rings is 1. The number of halogens is 1. The van der Waals surface area contributed by atoms with Gasteiger partial charge in [0.1, 0.15) is 0 Å². The highest BCUT2D eigenvalue weighted by atomic mass is 79.9. The second kappa shape index (κ2) is 12.8. The number of benzene rings is 2. The average Bonchev–Trinajstić information content (AvgIpc) is 2.84. The molecule has 0 aromatic heterocycles. The number of nitrogens with zero attached hydrogens (tertiary/aromatic N) is 2. The Balaban J connectivity index is 1.75. The fourth-order valence-corrected chi connectivity index (χ4v) is 4.51. The first-order chi connectivity index (χ1) is 16.4. The third-order valence-corrected chi connectivity index (χ3v) is 7.04. The SMILES string of the molecule is CCN(CC)CCNC(=O)c1cc(NC(=O)Nc2ccccc2Br)ccc1N1CCC(C)CC1. The molecule has 3 amide bonds. The number of carbonyl (C=O) groups excluding carboxylic acids is 2. The predicted molar refractivity (Wildman–Crippen MR) is 144 cm³/mol. The lowest BCUT2D eigenvalue weighted by Crippen LogP contribution is -2.37. The van der Waals surface area contributed by atoms with Crippen LogP contribution in [0.25, 0.3) is 0 Å². The summed E-state index contributed by atoms with van der Waals surface area (Å²) in [6.07, 6.45) is 2.22. The molecule has 2 aromatic carbocycles. The highest BCUT2D eigenvalue weighted by Crippen LogP contribution is 2.29. The maximum atomic E-state index is 13.2. The van der Waals surface area contributed by atoms with E-state index in [1.807, 2.05) is 36.4 Å². The summed E-state index contributed by atoms with van der Waals surface area (Å²) in [6.45, 7) is 11.7. The van der Waals surface area contributed by atoms with Crippen molar-refractivity contribution in [3.05, 3.63) is 52.5 Å². The molecule has 3 rings (SSSR count). The van der Waals surface area contributed by atoms with Gasteiger partial charge in [-0.15, -0.1) is 0 Å². The van der Waals surface area contributed by atoms with Crippen molar-refractivity contribution in [1.82, 2.24) is 10.2 Å². The third kappa shape index (κ3) is 7.21. The number of urea groups is 1. The van der Waals surface area contributed by atoms with Crippen LogP contribution in [0.1, 0.15) is 44.0 Å². The first-order valence-electron chi connectivity index (χ1n) is 12.1. The van der Waals surface area contributed by atoms with Gasteiger partial charge in [-0.05, 0) is 78.1 Å². The molecule has 1 heterocycles. The Kier molecular flexibility index (Phi) is 9.77. The third-order valence-electron chi connectivity index (χ3n) is 6.35. The van der Waals surface area contributed by atoms with Crippen molar-refractivity contribution in [3.63, 3.8) is 0 Å². The Morgan fingerprint density at radius 3 is 2.44 bits per heavy atom. The zero-order chi connectivity index (χ0) is 24.5. The molecule has 8 heteroatoms. The van der Waals surface area contributed by atoms with E-state index in [0.29, 0.717) is 29.4 Å². The number of rotatable bonds is 9. The van der Waals surface area contributed by atoms with Crippen LogP contribution in [0.15, 0.2) is 46.9 Å². The van der Waals surface area contributed by atoms with Gasteiger partial charge >= 0.3 is 6.03 Å². The molecule has 0 atom stereocenters. The quantitative estimate of drug-likeness (QED) is 0.406. The normalized spacial score (nSPS) is 14.2. The Morgan fingerprint density at radius 1 is 1.06 bits per heavy atom. The lowest BCUT2D eigenvalue weighted by molar-refractivity contribution is 0.0949. The molecule has 7 nitrogen and oxygen atoms in total. The Labute approximate surface area is 211 Å². The van der Waals surface area contributed by atoms with Crippen molar-refractivity contribution in [1.29, 1.82) is 0 Å². The minimum absolute atomic E-state index is 0.115. The van der Waals surface area contributed by atoms with E-state index in [1.54, 1.807) is 6.07 Å². The maximum absolute atomic E-state index is 13.2. The van der Waals surface area contributed by atoms with Crippen LogP contribution >= 0.6 is 15.9 Å². The highest BCUT2D eigenvalue weighted by Gasteiger charge is 2.22. The molecule has 1 fully saturated rings. The van der Waals surface area contributed by atoms with Gasteiger partial charge in [-0.3, -0.25) is 4.79 Å². The number of para-hydroxylation sites is 1. The lowest BCUT2D eigenvalue weighted by atomic mass is 9.98. The van der Waals surface area contributed by atoms with Crippen molar-refractivity contribution < 1.29 is 9.59 Å². The van der Waals surface area contributed by atoms with Gasteiger partial charge in [-0.2, -0.15) is 0 Å². The first-order valence-corrected chi connectivity index (χ1v) is 12.9. The number of anilines is 3. The summed E-state index contributed by atoms with van der Waals surface area (Å²) in [4.78, 5) is 30.4. The molecule has 0 aliphatic carbocycles.